The molecule has 24 heavy (non-hydrogen) atoms. The van der Waals surface area contributed by atoms with Crippen LogP contribution in [0, 0.1) is 5.92 Å². The van der Waals surface area contributed by atoms with Crippen LogP contribution in [0.25, 0.3) is 0 Å². The summed E-state index contributed by atoms with van der Waals surface area (Å²) < 4.78 is 37.1. The number of likely N-dealkylation sites (tertiary alicyclic amines) is 1. The number of nitrogens with zero attached hydrogens (tertiary/aromatic N) is 2. The van der Waals surface area contributed by atoms with Crippen molar-refractivity contribution in [1.82, 2.24) is 15.5 Å². The van der Waals surface area contributed by atoms with Gasteiger partial charge in [-0.1, -0.05) is 19.8 Å². The van der Waals surface area contributed by atoms with Crippen molar-refractivity contribution in [2.24, 2.45) is 10.9 Å². The quantitative estimate of drug-likeness (QED) is 0.380. The molecule has 4 nitrogen and oxygen atoms in total. The Kier molecular flexibility index (Phi) is 10.1. The van der Waals surface area contributed by atoms with Gasteiger partial charge in [-0.25, -0.2) is 0 Å². The van der Waals surface area contributed by atoms with Crippen LogP contribution in [0.4, 0.5) is 13.2 Å². The van der Waals surface area contributed by atoms with E-state index in [0.29, 0.717) is 19.0 Å². The fraction of sp³-hybridized carbons (Fsp3) is 0.941. The van der Waals surface area contributed by atoms with Gasteiger partial charge < -0.3 is 10.6 Å². The molecule has 0 saturated carbocycles. The number of aliphatic imine (C=N–C) groups is 1. The Hall–Kier alpha value is -0.980. The second-order valence-electron chi connectivity index (χ2n) is 6.52. The van der Waals surface area contributed by atoms with Crippen molar-refractivity contribution < 1.29 is 13.2 Å². The molecule has 0 bridgehead atoms. The molecule has 0 amide bonds. The van der Waals surface area contributed by atoms with Gasteiger partial charge in [0.25, 0.3) is 0 Å². The molecule has 1 saturated heterocycles. The number of alkyl halides is 3. The first-order chi connectivity index (χ1) is 11.4. The van der Waals surface area contributed by atoms with E-state index in [1.165, 1.54) is 17.7 Å². The SMILES string of the molecule is CCCCCN=C(NCC)NCCC1CCN(CC(F)(F)F)CC1. The molecule has 7 heteroatoms. The Labute approximate surface area is 144 Å². The van der Waals surface area contributed by atoms with Crippen LogP contribution in [0.1, 0.15) is 52.4 Å². The monoisotopic (exact) mass is 350 g/mol. The number of halogens is 3. The molecule has 0 aromatic rings. The van der Waals surface area contributed by atoms with E-state index in [1.807, 2.05) is 6.92 Å². The van der Waals surface area contributed by atoms with Crippen molar-refractivity contribution in [2.75, 3.05) is 39.3 Å². The van der Waals surface area contributed by atoms with Crippen molar-refractivity contribution in [3.8, 4) is 0 Å². The van der Waals surface area contributed by atoms with Gasteiger partial charge in [0.05, 0.1) is 6.54 Å². The maximum Gasteiger partial charge on any atom is 0.401 e. The maximum atomic E-state index is 12.4. The highest BCUT2D eigenvalue weighted by Crippen LogP contribution is 2.23. The number of nitrogens with one attached hydrogen (secondary N) is 2. The average Bonchev–Trinajstić information content (AvgIpc) is 2.52. The molecule has 0 atom stereocenters. The number of piperidine rings is 1. The zero-order valence-corrected chi connectivity index (χ0v) is 15.1. The third-order valence-corrected chi connectivity index (χ3v) is 4.33. The zero-order valence-electron chi connectivity index (χ0n) is 15.1. The lowest BCUT2D eigenvalue weighted by Gasteiger charge is -2.32. The molecule has 0 radical (unpaired) electrons. The topological polar surface area (TPSA) is 39.7 Å². The molecule has 1 aliphatic heterocycles. The first kappa shape index (κ1) is 21.1. The summed E-state index contributed by atoms with van der Waals surface area (Å²) in [6, 6.07) is 0. The van der Waals surface area contributed by atoms with Crippen molar-refractivity contribution in [1.29, 1.82) is 0 Å². The van der Waals surface area contributed by atoms with E-state index in [0.717, 1.165) is 51.3 Å². The Bertz CT molecular complexity index is 350. The summed E-state index contributed by atoms with van der Waals surface area (Å²) >= 11 is 0. The van der Waals surface area contributed by atoms with Gasteiger partial charge in [-0.2, -0.15) is 13.2 Å². The van der Waals surface area contributed by atoms with Crippen molar-refractivity contribution in [3.63, 3.8) is 0 Å². The maximum absolute atomic E-state index is 12.4. The summed E-state index contributed by atoms with van der Waals surface area (Å²) in [4.78, 5) is 6.06. The summed E-state index contributed by atoms with van der Waals surface area (Å²) in [6.07, 6.45) is 2.09. The third-order valence-electron chi connectivity index (χ3n) is 4.33. The Morgan fingerprint density at radius 1 is 1.12 bits per heavy atom. The standard InChI is InChI=1S/C17H33F3N4/c1-3-5-6-10-22-16(21-4-2)23-11-7-15-8-12-24(13-9-15)14-17(18,19)20/h15H,3-14H2,1-2H3,(H2,21,22,23). The lowest BCUT2D eigenvalue weighted by molar-refractivity contribution is -0.148. The number of hydrogen-bond acceptors (Lipinski definition) is 2. The second-order valence-corrected chi connectivity index (χ2v) is 6.52. The molecule has 0 aliphatic carbocycles. The predicted octanol–water partition coefficient (Wildman–Crippen LogP) is 3.40. The van der Waals surface area contributed by atoms with E-state index in [1.54, 1.807) is 0 Å². The van der Waals surface area contributed by atoms with Gasteiger partial charge in [0.15, 0.2) is 5.96 Å². The molecule has 142 valence electrons. The van der Waals surface area contributed by atoms with Crippen LogP contribution < -0.4 is 10.6 Å². The molecule has 0 unspecified atom stereocenters. The highest BCUT2D eigenvalue weighted by Gasteiger charge is 2.32. The van der Waals surface area contributed by atoms with E-state index >= 15 is 0 Å². The minimum Gasteiger partial charge on any atom is -0.357 e. The second kappa shape index (κ2) is 11.6. The number of guanidine groups is 1. The van der Waals surface area contributed by atoms with Gasteiger partial charge >= 0.3 is 6.18 Å². The number of hydrogen-bond donors (Lipinski definition) is 2. The fourth-order valence-electron chi connectivity index (χ4n) is 2.98. The molecule has 1 fully saturated rings. The summed E-state index contributed by atoms with van der Waals surface area (Å²) in [5, 5.41) is 6.58. The highest BCUT2D eigenvalue weighted by atomic mass is 19.4. The Morgan fingerprint density at radius 3 is 2.42 bits per heavy atom. The van der Waals surface area contributed by atoms with Gasteiger partial charge in [0.2, 0.25) is 0 Å². The average molecular weight is 350 g/mol. The molecule has 0 aromatic carbocycles. The highest BCUT2D eigenvalue weighted by molar-refractivity contribution is 5.79. The lowest BCUT2D eigenvalue weighted by Crippen LogP contribution is -2.41. The molecule has 1 aliphatic rings. The van der Waals surface area contributed by atoms with Gasteiger partial charge in [0, 0.05) is 19.6 Å². The zero-order chi connectivity index (χ0) is 17.8. The van der Waals surface area contributed by atoms with E-state index < -0.39 is 12.7 Å². The molecule has 2 N–H and O–H groups in total. The summed E-state index contributed by atoms with van der Waals surface area (Å²) in [7, 11) is 0. The lowest BCUT2D eigenvalue weighted by atomic mass is 9.93. The summed E-state index contributed by atoms with van der Waals surface area (Å²) in [5.74, 6) is 1.35. The number of unbranched alkanes of at least 4 members (excludes halogenated alkanes) is 2. The minimum absolute atomic E-state index is 0.505. The van der Waals surface area contributed by atoms with E-state index in [2.05, 4.69) is 22.5 Å². The molecule has 0 aromatic heterocycles. The first-order valence-corrected chi connectivity index (χ1v) is 9.26. The van der Waals surface area contributed by atoms with Crippen LogP contribution in [0.2, 0.25) is 0 Å². The normalized spacial score (nSPS) is 18.0. The van der Waals surface area contributed by atoms with E-state index in [9.17, 15) is 13.2 Å². The molecular formula is C17H33F3N4. The van der Waals surface area contributed by atoms with Crippen LogP contribution >= 0.6 is 0 Å². The fourth-order valence-corrected chi connectivity index (χ4v) is 2.98. The van der Waals surface area contributed by atoms with Gasteiger partial charge in [-0.3, -0.25) is 9.89 Å². The first-order valence-electron chi connectivity index (χ1n) is 9.26. The number of rotatable bonds is 9. The van der Waals surface area contributed by atoms with Crippen LogP contribution in [0.3, 0.4) is 0 Å². The van der Waals surface area contributed by atoms with Crippen LogP contribution in [0.5, 0.6) is 0 Å². The van der Waals surface area contributed by atoms with Crippen molar-refractivity contribution in [3.05, 3.63) is 0 Å². The van der Waals surface area contributed by atoms with Crippen molar-refractivity contribution >= 4 is 5.96 Å². The van der Waals surface area contributed by atoms with Gasteiger partial charge in [-0.15, -0.1) is 0 Å². The van der Waals surface area contributed by atoms with Crippen LogP contribution in [-0.2, 0) is 0 Å². The molecule has 1 heterocycles. The van der Waals surface area contributed by atoms with Crippen LogP contribution in [-0.4, -0.2) is 56.3 Å². The third kappa shape index (κ3) is 10.0. The molecule has 0 spiro atoms. The summed E-state index contributed by atoms with van der Waals surface area (Å²) in [6.45, 7) is 7.03. The minimum atomic E-state index is -4.08. The van der Waals surface area contributed by atoms with E-state index in [4.69, 9.17) is 0 Å². The van der Waals surface area contributed by atoms with Gasteiger partial charge in [0.1, 0.15) is 0 Å². The van der Waals surface area contributed by atoms with E-state index in [-0.39, 0.29) is 0 Å². The summed E-state index contributed by atoms with van der Waals surface area (Å²) in [5.41, 5.74) is 0. The Morgan fingerprint density at radius 2 is 1.83 bits per heavy atom. The van der Waals surface area contributed by atoms with Gasteiger partial charge in [-0.05, 0) is 51.6 Å². The smallest absolute Gasteiger partial charge is 0.357 e. The predicted molar refractivity (Wildman–Crippen MR) is 93.3 cm³/mol. The molecule has 1 rings (SSSR count). The Balaban J connectivity index is 2.21. The van der Waals surface area contributed by atoms with Crippen molar-refractivity contribution in [2.45, 2.75) is 58.5 Å². The van der Waals surface area contributed by atoms with Crippen LogP contribution in [0.15, 0.2) is 4.99 Å². The largest absolute Gasteiger partial charge is 0.401 e. The molecular weight excluding hydrogens is 317 g/mol.